The van der Waals surface area contributed by atoms with Gasteiger partial charge in [-0.2, -0.15) is 0 Å². The highest BCUT2D eigenvalue weighted by Crippen LogP contribution is 2.17. The lowest BCUT2D eigenvalue weighted by Crippen LogP contribution is -2.56. The number of hydrogen-bond acceptors (Lipinski definition) is 3. The van der Waals surface area contributed by atoms with Crippen LogP contribution in [0.2, 0.25) is 0 Å². The molecule has 3 heterocycles. The van der Waals surface area contributed by atoms with Crippen molar-refractivity contribution in [2.75, 3.05) is 32.7 Å². The molecular weight excluding hydrogens is 250 g/mol. The number of benzene rings is 1. The molecule has 3 fully saturated rings. The van der Waals surface area contributed by atoms with Gasteiger partial charge in [-0.05, 0) is 25.5 Å². The van der Waals surface area contributed by atoms with Crippen molar-refractivity contribution in [3.63, 3.8) is 0 Å². The number of nitrogens with zero attached hydrogens (tertiary/aromatic N) is 2. The fourth-order valence-corrected chi connectivity index (χ4v) is 3.23. The minimum atomic E-state index is 0.0254. The Morgan fingerprint density at radius 3 is 2.80 bits per heavy atom. The number of hydrogen-bond donors (Lipinski definition) is 1. The average Bonchev–Trinajstić information content (AvgIpc) is 2.83. The molecule has 4 nitrogen and oxygen atoms in total. The van der Waals surface area contributed by atoms with E-state index in [9.17, 15) is 4.79 Å². The van der Waals surface area contributed by atoms with E-state index in [2.05, 4.69) is 34.2 Å². The lowest BCUT2D eigenvalue weighted by molar-refractivity contribution is -0.128. The zero-order chi connectivity index (χ0) is 13.9. The molecule has 0 aliphatic carbocycles. The van der Waals surface area contributed by atoms with E-state index in [0.29, 0.717) is 0 Å². The van der Waals surface area contributed by atoms with Crippen LogP contribution in [-0.2, 0) is 4.79 Å². The molecule has 4 atom stereocenters. The maximum atomic E-state index is 12.5. The van der Waals surface area contributed by atoms with E-state index >= 15 is 0 Å². The molecule has 0 saturated carbocycles. The molecule has 0 aromatic heterocycles. The number of carbonyl (C=O) groups excluding carboxylic acids is 1. The fourth-order valence-electron chi connectivity index (χ4n) is 3.23. The van der Waals surface area contributed by atoms with E-state index in [-0.39, 0.29) is 18.0 Å². The van der Waals surface area contributed by atoms with Crippen LogP contribution in [0.4, 0.5) is 0 Å². The van der Waals surface area contributed by atoms with Crippen LogP contribution in [0, 0.1) is 0 Å². The maximum Gasteiger partial charge on any atom is 0.239 e. The second-order valence-electron chi connectivity index (χ2n) is 5.85. The number of piperazine rings is 1. The topological polar surface area (TPSA) is 35.6 Å². The van der Waals surface area contributed by atoms with Gasteiger partial charge in [0.25, 0.3) is 0 Å². The first-order chi connectivity index (χ1) is 9.74. The number of nitrogens with one attached hydrogen (secondary N) is 1. The summed E-state index contributed by atoms with van der Waals surface area (Å²) in [5.41, 5.74) is 1.16. The van der Waals surface area contributed by atoms with Crippen LogP contribution in [0.15, 0.2) is 30.3 Å². The summed E-state index contributed by atoms with van der Waals surface area (Å²) in [5.74, 6) is 0.174. The van der Waals surface area contributed by atoms with Gasteiger partial charge in [-0.25, -0.2) is 0 Å². The zero-order valence-electron chi connectivity index (χ0n) is 12.1. The first-order valence-corrected chi connectivity index (χ1v) is 7.56. The van der Waals surface area contributed by atoms with Crippen molar-refractivity contribution >= 4 is 5.91 Å². The predicted octanol–water partition coefficient (Wildman–Crippen LogP) is 1.25. The van der Waals surface area contributed by atoms with Crippen LogP contribution in [0.25, 0.3) is 0 Å². The SMILES string of the molecule is C[C@@H](NC(=O)C1CN2CCCN1CC2)c1ccccc1. The Balaban J connectivity index is 1.64. The van der Waals surface area contributed by atoms with Gasteiger partial charge in [0.15, 0.2) is 0 Å². The minimum absolute atomic E-state index is 0.0254. The van der Waals surface area contributed by atoms with E-state index in [0.717, 1.165) is 38.3 Å². The molecule has 3 aliphatic rings. The number of fused-ring (bicyclic) bond motifs is 4. The second kappa shape index (κ2) is 5.94. The van der Waals surface area contributed by atoms with Gasteiger partial charge in [-0.3, -0.25) is 14.6 Å². The molecule has 0 radical (unpaired) electrons. The fraction of sp³-hybridized carbons (Fsp3) is 0.562. The van der Waals surface area contributed by atoms with Crippen molar-refractivity contribution in [3.8, 4) is 0 Å². The first kappa shape index (κ1) is 13.6. The summed E-state index contributed by atoms with van der Waals surface area (Å²) in [6.45, 7) is 7.25. The Morgan fingerprint density at radius 2 is 2.00 bits per heavy atom. The molecule has 1 aromatic carbocycles. The molecule has 3 saturated heterocycles. The monoisotopic (exact) mass is 273 g/mol. The van der Waals surface area contributed by atoms with Crippen LogP contribution in [-0.4, -0.2) is 54.5 Å². The summed E-state index contributed by atoms with van der Waals surface area (Å²) < 4.78 is 0. The van der Waals surface area contributed by atoms with Gasteiger partial charge in [-0.15, -0.1) is 0 Å². The van der Waals surface area contributed by atoms with E-state index in [4.69, 9.17) is 0 Å². The Kier molecular flexibility index (Phi) is 4.03. The standard InChI is InChI=1S/C16H23N3O/c1-13(14-6-3-2-4-7-14)17-16(20)15-12-18-8-5-9-19(15)11-10-18/h2-4,6-7,13,15H,5,8-12H2,1H3,(H,17,20)/t13-,15?/m1/s1. The average molecular weight is 273 g/mol. The highest BCUT2D eigenvalue weighted by Gasteiger charge is 2.34. The third-order valence-electron chi connectivity index (χ3n) is 4.46. The van der Waals surface area contributed by atoms with E-state index in [1.165, 1.54) is 6.42 Å². The van der Waals surface area contributed by atoms with Crippen LogP contribution in [0.3, 0.4) is 0 Å². The van der Waals surface area contributed by atoms with Gasteiger partial charge in [0, 0.05) is 26.2 Å². The summed E-state index contributed by atoms with van der Waals surface area (Å²) in [7, 11) is 0. The molecule has 1 amide bonds. The van der Waals surface area contributed by atoms with Crippen molar-refractivity contribution in [2.24, 2.45) is 0 Å². The third-order valence-corrected chi connectivity index (χ3v) is 4.46. The molecule has 1 aromatic rings. The molecule has 3 aliphatic heterocycles. The molecule has 0 spiro atoms. The number of rotatable bonds is 3. The summed E-state index contributed by atoms with van der Waals surface area (Å²) in [6, 6.07) is 10.3. The van der Waals surface area contributed by atoms with Gasteiger partial charge in [0.2, 0.25) is 5.91 Å². The van der Waals surface area contributed by atoms with Crippen molar-refractivity contribution in [2.45, 2.75) is 25.4 Å². The van der Waals surface area contributed by atoms with Gasteiger partial charge in [0.05, 0.1) is 6.04 Å². The molecule has 3 unspecified atom stereocenters. The molecule has 20 heavy (non-hydrogen) atoms. The van der Waals surface area contributed by atoms with Crippen LogP contribution < -0.4 is 5.32 Å². The van der Waals surface area contributed by atoms with Crippen LogP contribution in [0.5, 0.6) is 0 Å². The van der Waals surface area contributed by atoms with Gasteiger partial charge in [0.1, 0.15) is 6.04 Å². The minimum Gasteiger partial charge on any atom is -0.348 e. The first-order valence-electron chi connectivity index (χ1n) is 7.56. The Morgan fingerprint density at radius 1 is 1.20 bits per heavy atom. The van der Waals surface area contributed by atoms with E-state index in [1.807, 2.05) is 18.2 Å². The molecule has 108 valence electrons. The predicted molar refractivity (Wildman–Crippen MR) is 79.4 cm³/mol. The van der Waals surface area contributed by atoms with Crippen molar-refractivity contribution in [1.29, 1.82) is 0 Å². The third kappa shape index (κ3) is 2.86. The van der Waals surface area contributed by atoms with E-state index < -0.39 is 0 Å². The lowest BCUT2D eigenvalue weighted by atomic mass is 10.1. The molecule has 1 N–H and O–H groups in total. The molecule has 4 heteroatoms. The highest BCUT2D eigenvalue weighted by atomic mass is 16.2. The summed E-state index contributed by atoms with van der Waals surface area (Å²) in [6.07, 6.45) is 1.18. The summed E-state index contributed by atoms with van der Waals surface area (Å²) >= 11 is 0. The maximum absolute atomic E-state index is 12.5. The van der Waals surface area contributed by atoms with Crippen molar-refractivity contribution in [3.05, 3.63) is 35.9 Å². The van der Waals surface area contributed by atoms with E-state index in [1.54, 1.807) is 0 Å². The number of amides is 1. The van der Waals surface area contributed by atoms with Crippen molar-refractivity contribution < 1.29 is 4.79 Å². The normalized spacial score (nSPS) is 30.6. The van der Waals surface area contributed by atoms with Crippen molar-refractivity contribution in [1.82, 2.24) is 15.1 Å². The quantitative estimate of drug-likeness (QED) is 0.900. The van der Waals surface area contributed by atoms with Gasteiger partial charge < -0.3 is 5.32 Å². The smallest absolute Gasteiger partial charge is 0.239 e. The molecule has 4 rings (SSSR count). The highest BCUT2D eigenvalue weighted by molar-refractivity contribution is 5.82. The summed E-state index contributed by atoms with van der Waals surface area (Å²) in [4.78, 5) is 17.3. The zero-order valence-corrected chi connectivity index (χ0v) is 12.1. The van der Waals surface area contributed by atoms with Crippen LogP contribution >= 0.6 is 0 Å². The lowest BCUT2D eigenvalue weighted by Gasteiger charge is -2.37. The Bertz CT molecular complexity index is 458. The Labute approximate surface area is 120 Å². The Hall–Kier alpha value is -1.39. The molecular formula is C16H23N3O. The second-order valence-corrected chi connectivity index (χ2v) is 5.85. The summed E-state index contributed by atoms with van der Waals surface area (Å²) in [5, 5.41) is 3.17. The van der Waals surface area contributed by atoms with Gasteiger partial charge >= 0.3 is 0 Å². The number of carbonyl (C=O) groups is 1. The largest absolute Gasteiger partial charge is 0.348 e. The molecule has 2 bridgehead atoms. The van der Waals surface area contributed by atoms with Gasteiger partial charge in [-0.1, -0.05) is 30.3 Å². The van der Waals surface area contributed by atoms with Crippen LogP contribution in [0.1, 0.15) is 24.9 Å².